The molecule has 0 aliphatic carbocycles. The summed E-state index contributed by atoms with van der Waals surface area (Å²) in [6, 6.07) is 5.02. The Kier molecular flexibility index (Phi) is 5.45. The Balaban J connectivity index is 2.46. The second-order valence-electron chi connectivity index (χ2n) is 4.09. The van der Waals surface area contributed by atoms with Gasteiger partial charge in [-0.2, -0.15) is 0 Å². The van der Waals surface area contributed by atoms with Gasteiger partial charge in [-0.05, 0) is 30.9 Å². The molecule has 0 fully saturated rings. The molecule has 4 N–H and O–H groups in total. The number of nitrogens with two attached hydrogens (primary N) is 2. The summed E-state index contributed by atoms with van der Waals surface area (Å²) >= 11 is 0. The summed E-state index contributed by atoms with van der Waals surface area (Å²) in [5.41, 5.74) is 13.3. The molecule has 0 aliphatic heterocycles. The van der Waals surface area contributed by atoms with Gasteiger partial charge in [0.15, 0.2) is 0 Å². The van der Waals surface area contributed by atoms with Crippen molar-refractivity contribution < 1.29 is 14.3 Å². The molecule has 0 heterocycles. The third-order valence-electron chi connectivity index (χ3n) is 2.82. The van der Waals surface area contributed by atoms with Crippen LogP contribution in [0.2, 0.25) is 0 Å². The van der Waals surface area contributed by atoms with Crippen LogP contribution in [0.1, 0.15) is 18.4 Å². The van der Waals surface area contributed by atoms with Gasteiger partial charge in [0.1, 0.15) is 11.8 Å². The molecule has 1 rings (SSSR count). The number of anilines is 1. The molecule has 0 saturated carbocycles. The summed E-state index contributed by atoms with van der Waals surface area (Å²) in [6.07, 6.45) is 2.14. The zero-order chi connectivity index (χ0) is 13.5. The van der Waals surface area contributed by atoms with Crippen molar-refractivity contribution in [2.24, 2.45) is 5.73 Å². The maximum absolute atomic E-state index is 11.1. The molecule has 0 aliphatic rings. The first-order chi connectivity index (χ1) is 8.58. The summed E-state index contributed by atoms with van der Waals surface area (Å²) in [7, 11) is 2.94. The summed E-state index contributed by atoms with van der Waals surface area (Å²) in [5, 5.41) is 0. The lowest BCUT2D eigenvalue weighted by Crippen LogP contribution is -2.31. The van der Waals surface area contributed by atoms with E-state index in [4.69, 9.17) is 16.2 Å². The number of rotatable bonds is 6. The number of ether oxygens (including phenoxy) is 2. The molecule has 1 aromatic carbocycles. The summed E-state index contributed by atoms with van der Waals surface area (Å²) in [4.78, 5) is 11.1. The van der Waals surface area contributed by atoms with Gasteiger partial charge in [0, 0.05) is 11.8 Å². The van der Waals surface area contributed by atoms with E-state index < -0.39 is 6.04 Å². The number of carbonyl (C=O) groups is 1. The van der Waals surface area contributed by atoms with Crippen molar-refractivity contribution in [2.45, 2.75) is 25.3 Å². The first-order valence-corrected chi connectivity index (χ1v) is 5.84. The molecule has 0 spiro atoms. The molecule has 1 aromatic rings. The molecule has 0 radical (unpaired) electrons. The molecule has 0 bridgehead atoms. The quantitative estimate of drug-likeness (QED) is 0.584. The molecule has 18 heavy (non-hydrogen) atoms. The highest BCUT2D eigenvalue weighted by molar-refractivity contribution is 5.75. The standard InChI is InChI=1S/C13H20N2O3/c1-17-10-7-6-9(12(15)8-10)4-3-5-11(14)13(16)18-2/h6-8,11H,3-5,14-15H2,1-2H3. The minimum absolute atomic E-state index is 0.377. The zero-order valence-corrected chi connectivity index (χ0v) is 10.8. The first kappa shape index (κ1) is 14.3. The lowest BCUT2D eigenvalue weighted by molar-refractivity contribution is -0.142. The van der Waals surface area contributed by atoms with Gasteiger partial charge in [-0.15, -0.1) is 0 Å². The predicted molar refractivity (Wildman–Crippen MR) is 70.3 cm³/mol. The van der Waals surface area contributed by atoms with Crippen molar-refractivity contribution in [3.63, 3.8) is 0 Å². The van der Waals surface area contributed by atoms with E-state index in [1.54, 1.807) is 13.2 Å². The molecule has 5 nitrogen and oxygen atoms in total. The molecule has 1 atom stereocenters. The Hall–Kier alpha value is -1.75. The van der Waals surface area contributed by atoms with Crippen molar-refractivity contribution in [3.8, 4) is 5.75 Å². The Bertz CT molecular complexity index is 407. The highest BCUT2D eigenvalue weighted by Gasteiger charge is 2.13. The van der Waals surface area contributed by atoms with E-state index >= 15 is 0 Å². The van der Waals surface area contributed by atoms with E-state index in [1.165, 1.54) is 7.11 Å². The van der Waals surface area contributed by atoms with E-state index in [0.29, 0.717) is 12.1 Å². The van der Waals surface area contributed by atoms with Crippen LogP contribution >= 0.6 is 0 Å². The summed E-state index contributed by atoms with van der Waals surface area (Å²) in [5.74, 6) is 0.361. The second-order valence-corrected chi connectivity index (χ2v) is 4.09. The van der Waals surface area contributed by atoms with Gasteiger partial charge < -0.3 is 20.9 Å². The first-order valence-electron chi connectivity index (χ1n) is 5.84. The van der Waals surface area contributed by atoms with Crippen LogP contribution in [0.25, 0.3) is 0 Å². The number of carbonyl (C=O) groups excluding carboxylic acids is 1. The molecule has 100 valence electrons. The van der Waals surface area contributed by atoms with Crippen LogP contribution in [-0.2, 0) is 16.0 Å². The Morgan fingerprint density at radius 3 is 2.67 bits per heavy atom. The summed E-state index contributed by atoms with van der Waals surface area (Å²) < 4.78 is 9.64. The van der Waals surface area contributed by atoms with Crippen LogP contribution in [0.5, 0.6) is 5.75 Å². The number of hydrogen-bond donors (Lipinski definition) is 2. The van der Waals surface area contributed by atoms with E-state index in [0.717, 1.165) is 24.2 Å². The maximum Gasteiger partial charge on any atom is 0.322 e. The normalized spacial score (nSPS) is 11.9. The third kappa shape index (κ3) is 3.92. The van der Waals surface area contributed by atoms with Crippen molar-refractivity contribution >= 4 is 11.7 Å². The highest BCUT2D eigenvalue weighted by Crippen LogP contribution is 2.21. The highest BCUT2D eigenvalue weighted by atomic mass is 16.5. The lowest BCUT2D eigenvalue weighted by Gasteiger charge is -2.10. The van der Waals surface area contributed by atoms with E-state index in [2.05, 4.69) is 4.74 Å². The number of hydrogen-bond acceptors (Lipinski definition) is 5. The number of methoxy groups -OCH3 is 2. The largest absolute Gasteiger partial charge is 0.497 e. The van der Waals surface area contributed by atoms with Gasteiger partial charge in [0.05, 0.1) is 14.2 Å². The topological polar surface area (TPSA) is 87.6 Å². The van der Waals surface area contributed by atoms with Crippen LogP contribution < -0.4 is 16.2 Å². The fraction of sp³-hybridized carbons (Fsp3) is 0.462. The molecule has 5 heteroatoms. The molecule has 0 aromatic heterocycles. The van der Waals surface area contributed by atoms with Crippen LogP contribution in [-0.4, -0.2) is 26.2 Å². The van der Waals surface area contributed by atoms with E-state index in [1.807, 2.05) is 12.1 Å². The van der Waals surface area contributed by atoms with Gasteiger partial charge in [0.2, 0.25) is 0 Å². The predicted octanol–water partition coefficient (Wildman–Crippen LogP) is 1.10. The number of aryl methyl sites for hydroxylation is 1. The van der Waals surface area contributed by atoms with Gasteiger partial charge >= 0.3 is 5.97 Å². The number of benzene rings is 1. The fourth-order valence-corrected chi connectivity index (χ4v) is 1.71. The van der Waals surface area contributed by atoms with Crippen molar-refractivity contribution in [2.75, 3.05) is 20.0 Å². The van der Waals surface area contributed by atoms with Crippen LogP contribution in [0.3, 0.4) is 0 Å². The summed E-state index contributed by atoms with van der Waals surface area (Å²) in [6.45, 7) is 0. The molecular formula is C13H20N2O3. The minimum Gasteiger partial charge on any atom is -0.497 e. The monoisotopic (exact) mass is 252 g/mol. The smallest absolute Gasteiger partial charge is 0.322 e. The van der Waals surface area contributed by atoms with Gasteiger partial charge in [-0.25, -0.2) is 0 Å². The molecule has 0 amide bonds. The third-order valence-corrected chi connectivity index (χ3v) is 2.82. The minimum atomic E-state index is -0.561. The zero-order valence-electron chi connectivity index (χ0n) is 10.8. The van der Waals surface area contributed by atoms with Crippen molar-refractivity contribution in [1.29, 1.82) is 0 Å². The molecule has 1 unspecified atom stereocenters. The van der Waals surface area contributed by atoms with E-state index in [9.17, 15) is 4.79 Å². The lowest BCUT2D eigenvalue weighted by atomic mass is 10.0. The van der Waals surface area contributed by atoms with Gasteiger partial charge in [0.25, 0.3) is 0 Å². The Morgan fingerprint density at radius 1 is 1.39 bits per heavy atom. The molecular weight excluding hydrogens is 232 g/mol. The van der Waals surface area contributed by atoms with Crippen molar-refractivity contribution in [1.82, 2.24) is 0 Å². The van der Waals surface area contributed by atoms with E-state index in [-0.39, 0.29) is 5.97 Å². The van der Waals surface area contributed by atoms with Crippen LogP contribution in [0, 0.1) is 0 Å². The molecule has 0 saturated heterocycles. The Morgan fingerprint density at radius 2 is 2.11 bits per heavy atom. The maximum atomic E-state index is 11.1. The van der Waals surface area contributed by atoms with Crippen LogP contribution in [0.15, 0.2) is 18.2 Å². The average molecular weight is 252 g/mol. The second kappa shape index (κ2) is 6.86. The SMILES string of the molecule is COC(=O)C(N)CCCc1ccc(OC)cc1N. The number of nitrogen functional groups attached to an aromatic ring is 1. The van der Waals surface area contributed by atoms with Crippen molar-refractivity contribution in [3.05, 3.63) is 23.8 Å². The fourth-order valence-electron chi connectivity index (χ4n) is 1.71. The number of esters is 1. The van der Waals surface area contributed by atoms with Gasteiger partial charge in [-0.3, -0.25) is 4.79 Å². The Labute approximate surface area is 107 Å². The average Bonchev–Trinajstić information content (AvgIpc) is 2.39. The van der Waals surface area contributed by atoms with Gasteiger partial charge in [-0.1, -0.05) is 6.07 Å². The van der Waals surface area contributed by atoms with Crippen LogP contribution in [0.4, 0.5) is 5.69 Å².